The van der Waals surface area contributed by atoms with Crippen molar-refractivity contribution in [3.05, 3.63) is 36.5 Å². The van der Waals surface area contributed by atoms with Crippen molar-refractivity contribution in [3.8, 4) is 28.8 Å². The van der Waals surface area contributed by atoms with E-state index in [1.54, 1.807) is 18.5 Å². The van der Waals surface area contributed by atoms with Gasteiger partial charge in [0.1, 0.15) is 11.9 Å². The summed E-state index contributed by atoms with van der Waals surface area (Å²) in [5.41, 5.74) is 2.14. The van der Waals surface area contributed by atoms with Crippen LogP contribution < -0.4 is 4.74 Å². The van der Waals surface area contributed by atoms with E-state index in [1.807, 2.05) is 19.9 Å². The summed E-state index contributed by atoms with van der Waals surface area (Å²) >= 11 is 0. The molecule has 7 heteroatoms. The van der Waals surface area contributed by atoms with Crippen LogP contribution in [0.25, 0.3) is 22.9 Å². The lowest BCUT2D eigenvalue weighted by molar-refractivity contribution is 0.327. The molecule has 106 valence electrons. The maximum absolute atomic E-state index is 5.70. The number of pyridine rings is 1. The van der Waals surface area contributed by atoms with Gasteiger partial charge in [-0.15, -0.1) is 10.2 Å². The molecule has 0 spiro atoms. The second-order valence-corrected chi connectivity index (χ2v) is 4.22. The lowest BCUT2D eigenvalue weighted by atomic mass is 10.2. The molecule has 0 fully saturated rings. The summed E-state index contributed by atoms with van der Waals surface area (Å²) in [4.78, 5) is 12.3. The Kier molecular flexibility index (Phi) is 3.55. The van der Waals surface area contributed by atoms with Gasteiger partial charge in [0.2, 0.25) is 5.88 Å². The van der Waals surface area contributed by atoms with Gasteiger partial charge in [0, 0.05) is 12.4 Å². The van der Waals surface area contributed by atoms with Crippen LogP contribution in [-0.4, -0.2) is 31.8 Å². The molecule has 0 saturated heterocycles. The molecular formula is C14H13N5O2. The average molecular weight is 283 g/mol. The van der Waals surface area contributed by atoms with Crippen LogP contribution >= 0.6 is 0 Å². The molecular weight excluding hydrogens is 270 g/mol. The van der Waals surface area contributed by atoms with Crippen molar-refractivity contribution >= 4 is 0 Å². The van der Waals surface area contributed by atoms with Crippen LogP contribution in [0.1, 0.15) is 12.6 Å². The summed E-state index contributed by atoms with van der Waals surface area (Å²) in [7, 11) is 0. The van der Waals surface area contributed by atoms with Crippen LogP contribution in [-0.2, 0) is 0 Å². The maximum Gasteiger partial charge on any atom is 0.253 e. The fourth-order valence-electron chi connectivity index (χ4n) is 1.85. The molecule has 7 nitrogen and oxygen atoms in total. The van der Waals surface area contributed by atoms with Gasteiger partial charge >= 0.3 is 0 Å². The third-order valence-electron chi connectivity index (χ3n) is 2.85. The van der Waals surface area contributed by atoms with Crippen molar-refractivity contribution in [2.45, 2.75) is 13.8 Å². The summed E-state index contributed by atoms with van der Waals surface area (Å²) in [5.74, 6) is 1.19. The van der Waals surface area contributed by atoms with E-state index < -0.39 is 0 Å². The topological polar surface area (TPSA) is 86.8 Å². The van der Waals surface area contributed by atoms with Gasteiger partial charge in [-0.3, -0.25) is 0 Å². The Morgan fingerprint density at radius 2 is 1.95 bits per heavy atom. The number of aromatic nitrogens is 5. The Morgan fingerprint density at radius 3 is 2.71 bits per heavy atom. The summed E-state index contributed by atoms with van der Waals surface area (Å²) in [5, 5.41) is 8.10. The number of hydrogen-bond acceptors (Lipinski definition) is 7. The predicted octanol–water partition coefficient (Wildman–Crippen LogP) is 2.30. The van der Waals surface area contributed by atoms with Crippen molar-refractivity contribution in [3.63, 3.8) is 0 Å². The van der Waals surface area contributed by atoms with E-state index in [2.05, 4.69) is 25.1 Å². The molecule has 0 N–H and O–H groups in total. The van der Waals surface area contributed by atoms with E-state index in [-0.39, 0.29) is 0 Å². The Hall–Kier alpha value is -2.83. The molecule has 0 aliphatic rings. The standard InChI is InChI=1S/C14H13N5O2/c1-3-20-12-10(5-4-6-16-12)13-18-19-14(21-13)11-7-15-8-17-9(11)2/h4-8H,3H2,1-2H3. The number of nitrogens with zero attached hydrogens (tertiary/aromatic N) is 5. The lowest BCUT2D eigenvalue weighted by Crippen LogP contribution is -1.96. The van der Waals surface area contributed by atoms with Crippen molar-refractivity contribution in [2.75, 3.05) is 6.61 Å². The zero-order valence-corrected chi connectivity index (χ0v) is 11.6. The van der Waals surface area contributed by atoms with Crippen molar-refractivity contribution in [1.82, 2.24) is 25.1 Å². The fraction of sp³-hybridized carbons (Fsp3) is 0.214. The third kappa shape index (κ3) is 2.58. The smallest absolute Gasteiger partial charge is 0.253 e. The molecule has 3 aromatic rings. The molecule has 3 aromatic heterocycles. The minimum Gasteiger partial charge on any atom is -0.477 e. The highest BCUT2D eigenvalue weighted by Crippen LogP contribution is 2.29. The van der Waals surface area contributed by atoms with Crippen LogP contribution in [0.3, 0.4) is 0 Å². The van der Waals surface area contributed by atoms with Gasteiger partial charge in [-0.2, -0.15) is 0 Å². The highest BCUT2D eigenvalue weighted by molar-refractivity contribution is 5.62. The maximum atomic E-state index is 5.70. The molecule has 0 aliphatic heterocycles. The highest BCUT2D eigenvalue weighted by Gasteiger charge is 2.16. The SMILES string of the molecule is CCOc1ncccc1-c1nnc(-c2cncnc2C)o1. The zero-order valence-electron chi connectivity index (χ0n) is 11.6. The first kappa shape index (κ1) is 13.2. The molecule has 0 unspecified atom stereocenters. The quantitative estimate of drug-likeness (QED) is 0.726. The Bertz CT molecular complexity index is 756. The molecule has 0 atom stereocenters. The largest absolute Gasteiger partial charge is 0.477 e. The van der Waals surface area contributed by atoms with E-state index in [0.717, 1.165) is 5.69 Å². The molecule has 0 saturated carbocycles. The van der Waals surface area contributed by atoms with E-state index in [1.165, 1.54) is 6.33 Å². The van der Waals surface area contributed by atoms with E-state index in [4.69, 9.17) is 9.15 Å². The first-order valence-corrected chi connectivity index (χ1v) is 6.48. The summed E-state index contributed by atoms with van der Waals surface area (Å²) < 4.78 is 11.2. The number of aryl methyl sites for hydroxylation is 1. The van der Waals surface area contributed by atoms with E-state index in [0.29, 0.717) is 35.4 Å². The van der Waals surface area contributed by atoms with Gasteiger partial charge in [0.05, 0.1) is 17.9 Å². The number of ether oxygens (including phenoxy) is 1. The normalized spacial score (nSPS) is 10.6. The van der Waals surface area contributed by atoms with E-state index in [9.17, 15) is 0 Å². The minimum atomic E-state index is 0.352. The highest BCUT2D eigenvalue weighted by atomic mass is 16.5. The van der Waals surface area contributed by atoms with Gasteiger partial charge in [-0.1, -0.05) is 0 Å². The molecule has 0 bridgehead atoms. The van der Waals surface area contributed by atoms with Crippen LogP contribution in [0.2, 0.25) is 0 Å². The Morgan fingerprint density at radius 1 is 1.14 bits per heavy atom. The second kappa shape index (κ2) is 5.66. The van der Waals surface area contributed by atoms with Gasteiger partial charge in [-0.25, -0.2) is 15.0 Å². The van der Waals surface area contributed by atoms with Gasteiger partial charge < -0.3 is 9.15 Å². The zero-order chi connectivity index (χ0) is 14.7. The van der Waals surface area contributed by atoms with E-state index >= 15 is 0 Å². The van der Waals surface area contributed by atoms with Crippen molar-refractivity contribution < 1.29 is 9.15 Å². The second-order valence-electron chi connectivity index (χ2n) is 4.22. The van der Waals surface area contributed by atoms with Crippen LogP contribution in [0.15, 0.2) is 35.3 Å². The fourth-order valence-corrected chi connectivity index (χ4v) is 1.85. The Labute approximate surface area is 121 Å². The molecule has 0 amide bonds. The van der Waals surface area contributed by atoms with Crippen LogP contribution in [0.4, 0.5) is 0 Å². The number of hydrogen-bond donors (Lipinski definition) is 0. The van der Waals surface area contributed by atoms with Crippen LogP contribution in [0.5, 0.6) is 5.88 Å². The summed E-state index contributed by atoms with van der Waals surface area (Å²) in [6.07, 6.45) is 4.78. The molecule has 21 heavy (non-hydrogen) atoms. The number of rotatable bonds is 4. The molecule has 3 heterocycles. The molecule has 0 radical (unpaired) electrons. The van der Waals surface area contributed by atoms with Crippen LogP contribution in [0, 0.1) is 6.92 Å². The van der Waals surface area contributed by atoms with Gasteiger partial charge in [-0.05, 0) is 26.0 Å². The Balaban J connectivity index is 2.01. The van der Waals surface area contributed by atoms with Gasteiger partial charge in [0.15, 0.2) is 0 Å². The third-order valence-corrected chi connectivity index (χ3v) is 2.85. The molecule has 3 rings (SSSR count). The first-order chi connectivity index (χ1) is 10.3. The first-order valence-electron chi connectivity index (χ1n) is 6.48. The predicted molar refractivity (Wildman–Crippen MR) is 74.5 cm³/mol. The molecule has 0 aromatic carbocycles. The minimum absolute atomic E-state index is 0.352. The average Bonchev–Trinajstić information content (AvgIpc) is 2.98. The van der Waals surface area contributed by atoms with Crippen molar-refractivity contribution in [1.29, 1.82) is 0 Å². The summed E-state index contributed by atoms with van der Waals surface area (Å²) in [6, 6.07) is 3.61. The van der Waals surface area contributed by atoms with Gasteiger partial charge in [0.25, 0.3) is 11.8 Å². The molecule has 0 aliphatic carbocycles. The summed E-state index contributed by atoms with van der Waals surface area (Å²) in [6.45, 7) is 4.26. The van der Waals surface area contributed by atoms with Crippen molar-refractivity contribution in [2.24, 2.45) is 0 Å². The lowest BCUT2D eigenvalue weighted by Gasteiger charge is -2.04. The monoisotopic (exact) mass is 283 g/mol.